The Kier molecular flexibility index (Phi) is 5.01. The maximum absolute atomic E-state index is 12.7. The third kappa shape index (κ3) is 3.51. The van der Waals surface area contributed by atoms with Crippen LogP contribution in [0.2, 0.25) is 0 Å². The van der Waals surface area contributed by atoms with Crippen molar-refractivity contribution in [3.8, 4) is 0 Å². The van der Waals surface area contributed by atoms with Crippen molar-refractivity contribution in [2.75, 3.05) is 0 Å². The molecule has 0 saturated heterocycles. The topological polar surface area (TPSA) is 75.9 Å². The standard InChI is InChI=1S/C19H21N5OS2/c1-4-11(2)9-13-12(3)27-18-16(13)17(25)20-14(21-18)10-26-19-23-22-15-7-5-6-8-24(15)19/h5-8,11H,4,9-10H2,1-3H3,(H,20,21,25)/t11-/m1/s1. The highest BCUT2D eigenvalue weighted by Gasteiger charge is 2.17. The van der Waals surface area contributed by atoms with E-state index in [4.69, 9.17) is 4.98 Å². The number of thiophene rings is 1. The molecule has 0 unspecified atom stereocenters. The number of nitrogens with one attached hydrogen (secondary N) is 1. The largest absolute Gasteiger partial charge is 0.309 e. The van der Waals surface area contributed by atoms with Gasteiger partial charge < -0.3 is 4.98 Å². The zero-order chi connectivity index (χ0) is 19.0. The summed E-state index contributed by atoms with van der Waals surface area (Å²) in [6, 6.07) is 5.79. The third-order valence-corrected chi connectivity index (χ3v) is 6.78. The summed E-state index contributed by atoms with van der Waals surface area (Å²) in [5, 5.41) is 9.91. The first-order valence-corrected chi connectivity index (χ1v) is 10.8. The number of thioether (sulfide) groups is 1. The minimum Gasteiger partial charge on any atom is -0.309 e. The lowest BCUT2D eigenvalue weighted by Gasteiger charge is -2.08. The first-order valence-electron chi connectivity index (χ1n) is 9.00. The van der Waals surface area contributed by atoms with Gasteiger partial charge in [0.05, 0.1) is 11.1 Å². The van der Waals surface area contributed by atoms with Crippen LogP contribution >= 0.6 is 23.1 Å². The normalized spacial score (nSPS) is 12.9. The van der Waals surface area contributed by atoms with Crippen molar-refractivity contribution in [1.82, 2.24) is 24.6 Å². The fourth-order valence-electron chi connectivity index (χ4n) is 3.08. The summed E-state index contributed by atoms with van der Waals surface area (Å²) >= 11 is 3.13. The Morgan fingerprint density at radius 1 is 1.33 bits per heavy atom. The van der Waals surface area contributed by atoms with Crippen LogP contribution in [0.5, 0.6) is 0 Å². The zero-order valence-electron chi connectivity index (χ0n) is 15.5. The van der Waals surface area contributed by atoms with Crippen molar-refractivity contribution >= 4 is 39.0 Å². The number of aromatic amines is 1. The van der Waals surface area contributed by atoms with Gasteiger partial charge in [-0.3, -0.25) is 9.20 Å². The Bertz CT molecular complexity index is 1160. The molecule has 0 spiro atoms. The Labute approximate surface area is 165 Å². The maximum atomic E-state index is 12.7. The molecule has 27 heavy (non-hydrogen) atoms. The predicted octanol–water partition coefficient (Wildman–Crippen LogP) is 4.22. The van der Waals surface area contributed by atoms with Crippen LogP contribution < -0.4 is 5.56 Å². The van der Waals surface area contributed by atoms with Gasteiger partial charge in [-0.25, -0.2) is 4.98 Å². The van der Waals surface area contributed by atoms with Crippen LogP contribution in [0.1, 0.15) is 36.5 Å². The molecular formula is C19H21N5OS2. The Morgan fingerprint density at radius 2 is 2.19 bits per heavy atom. The predicted molar refractivity (Wildman–Crippen MR) is 111 cm³/mol. The maximum Gasteiger partial charge on any atom is 0.259 e. The van der Waals surface area contributed by atoms with Crippen LogP contribution in [-0.2, 0) is 12.2 Å². The molecule has 0 bridgehead atoms. The smallest absolute Gasteiger partial charge is 0.259 e. The van der Waals surface area contributed by atoms with Gasteiger partial charge in [0.25, 0.3) is 5.56 Å². The number of fused-ring (bicyclic) bond motifs is 2. The van der Waals surface area contributed by atoms with Crippen LogP contribution in [0.4, 0.5) is 0 Å². The molecule has 6 nitrogen and oxygen atoms in total. The summed E-state index contributed by atoms with van der Waals surface area (Å²) in [7, 11) is 0. The number of H-pyrrole nitrogens is 1. The highest BCUT2D eigenvalue weighted by atomic mass is 32.2. The monoisotopic (exact) mass is 399 g/mol. The Morgan fingerprint density at radius 3 is 3.00 bits per heavy atom. The summed E-state index contributed by atoms with van der Waals surface area (Å²) < 4.78 is 1.93. The second-order valence-corrected chi connectivity index (χ2v) is 8.89. The lowest BCUT2D eigenvalue weighted by atomic mass is 9.98. The van der Waals surface area contributed by atoms with E-state index in [-0.39, 0.29) is 5.56 Å². The van der Waals surface area contributed by atoms with Gasteiger partial charge in [-0.15, -0.1) is 21.5 Å². The molecule has 4 heterocycles. The van der Waals surface area contributed by atoms with Crippen molar-refractivity contribution in [2.45, 2.75) is 44.5 Å². The van der Waals surface area contributed by atoms with Crippen molar-refractivity contribution in [2.24, 2.45) is 5.92 Å². The summed E-state index contributed by atoms with van der Waals surface area (Å²) in [4.78, 5) is 22.4. The van der Waals surface area contributed by atoms with Gasteiger partial charge in [-0.1, -0.05) is 38.1 Å². The lowest BCUT2D eigenvalue weighted by molar-refractivity contribution is 0.561. The highest BCUT2D eigenvalue weighted by Crippen LogP contribution is 2.30. The summed E-state index contributed by atoms with van der Waals surface area (Å²) in [6.45, 7) is 6.49. The number of hydrogen-bond acceptors (Lipinski definition) is 6. The van der Waals surface area contributed by atoms with E-state index in [2.05, 4.69) is 36.0 Å². The SMILES string of the molecule is CC[C@@H](C)Cc1c(C)sc2nc(CSc3nnc4ccccn34)[nH]c(=O)c12. The number of rotatable bonds is 6. The van der Waals surface area contributed by atoms with Gasteiger partial charge in [0, 0.05) is 11.1 Å². The van der Waals surface area contributed by atoms with Crippen LogP contribution in [0.25, 0.3) is 15.9 Å². The van der Waals surface area contributed by atoms with Crippen LogP contribution in [-0.4, -0.2) is 24.6 Å². The molecule has 0 amide bonds. The molecule has 8 heteroatoms. The van der Waals surface area contributed by atoms with Crippen molar-refractivity contribution in [3.63, 3.8) is 0 Å². The number of nitrogens with zero attached hydrogens (tertiary/aromatic N) is 4. The minimum atomic E-state index is -0.0376. The van der Waals surface area contributed by atoms with Gasteiger partial charge in [0.1, 0.15) is 10.7 Å². The molecule has 0 aliphatic rings. The fraction of sp³-hybridized carbons (Fsp3) is 0.368. The molecule has 0 saturated carbocycles. The van der Waals surface area contributed by atoms with Gasteiger partial charge in [0.15, 0.2) is 10.8 Å². The van der Waals surface area contributed by atoms with E-state index < -0.39 is 0 Å². The first kappa shape index (κ1) is 18.2. The molecule has 140 valence electrons. The molecule has 4 rings (SSSR count). The summed E-state index contributed by atoms with van der Waals surface area (Å²) in [6.07, 6.45) is 3.96. The molecule has 4 aromatic rings. The molecular weight excluding hydrogens is 378 g/mol. The summed E-state index contributed by atoms with van der Waals surface area (Å²) in [5.41, 5.74) is 1.92. The second-order valence-electron chi connectivity index (χ2n) is 6.75. The van der Waals surface area contributed by atoms with E-state index in [9.17, 15) is 4.79 Å². The van der Waals surface area contributed by atoms with E-state index >= 15 is 0 Å². The number of pyridine rings is 1. The number of hydrogen-bond donors (Lipinski definition) is 1. The van der Waals surface area contributed by atoms with E-state index in [1.54, 1.807) is 11.3 Å². The van der Waals surface area contributed by atoms with Gasteiger partial charge >= 0.3 is 0 Å². The number of aryl methyl sites for hydroxylation is 1. The average Bonchev–Trinajstić information content (AvgIpc) is 3.21. The average molecular weight is 400 g/mol. The molecule has 0 fully saturated rings. The molecule has 1 atom stereocenters. The van der Waals surface area contributed by atoms with Gasteiger partial charge in [-0.05, 0) is 37.0 Å². The zero-order valence-corrected chi connectivity index (χ0v) is 17.2. The van der Waals surface area contributed by atoms with E-state index in [0.29, 0.717) is 17.5 Å². The molecule has 0 radical (unpaired) electrons. The minimum absolute atomic E-state index is 0.0376. The Hall–Kier alpha value is -2.19. The molecule has 0 aromatic carbocycles. The van der Waals surface area contributed by atoms with Gasteiger partial charge in [-0.2, -0.15) is 0 Å². The van der Waals surface area contributed by atoms with E-state index in [1.165, 1.54) is 16.6 Å². The van der Waals surface area contributed by atoms with Crippen LogP contribution in [0, 0.1) is 12.8 Å². The quantitative estimate of drug-likeness (QED) is 0.491. The van der Waals surface area contributed by atoms with Gasteiger partial charge in [0.2, 0.25) is 0 Å². The van der Waals surface area contributed by atoms with Crippen molar-refractivity contribution in [3.05, 3.63) is 51.0 Å². The molecule has 1 N–H and O–H groups in total. The first-order chi connectivity index (χ1) is 13.1. The van der Waals surface area contributed by atoms with Crippen LogP contribution in [0.15, 0.2) is 34.3 Å². The third-order valence-electron chi connectivity index (χ3n) is 4.78. The Balaban J connectivity index is 1.63. The second kappa shape index (κ2) is 7.44. The van der Waals surface area contributed by atoms with E-state index in [0.717, 1.165) is 39.4 Å². The fourth-order valence-corrected chi connectivity index (χ4v) is 4.94. The number of aromatic nitrogens is 5. The van der Waals surface area contributed by atoms with E-state index in [1.807, 2.05) is 28.8 Å². The summed E-state index contributed by atoms with van der Waals surface area (Å²) in [5.74, 6) is 1.76. The molecule has 4 aromatic heterocycles. The van der Waals surface area contributed by atoms with Crippen LogP contribution in [0.3, 0.4) is 0 Å². The van der Waals surface area contributed by atoms with Crippen molar-refractivity contribution in [1.29, 1.82) is 0 Å². The lowest BCUT2D eigenvalue weighted by Crippen LogP contribution is -2.12. The van der Waals surface area contributed by atoms with Crippen molar-refractivity contribution < 1.29 is 0 Å². The highest BCUT2D eigenvalue weighted by molar-refractivity contribution is 7.98. The molecule has 0 aliphatic heterocycles. The molecule has 0 aliphatic carbocycles.